The second-order valence-corrected chi connectivity index (χ2v) is 12.1. The molecule has 10 heteroatoms. The minimum Gasteiger partial charge on any atom is -0.462 e. The SMILES string of the molecule is C=C(F)C(=O)N1CCN(c2nc(OCC3CCCN3C)nc3cc(-c4cccc5c4C4CC4C5)cnc23)C[C@@H]1CC#N. The fourth-order valence-corrected chi connectivity index (χ4v) is 7.12. The van der Waals surface area contributed by atoms with Crippen LogP contribution in [0.25, 0.3) is 22.2 Å². The molecule has 7 rings (SSSR count). The van der Waals surface area contributed by atoms with E-state index in [1.165, 1.54) is 28.0 Å². The van der Waals surface area contributed by atoms with Gasteiger partial charge in [0.25, 0.3) is 5.91 Å². The lowest BCUT2D eigenvalue weighted by Gasteiger charge is -2.41. The number of anilines is 1. The summed E-state index contributed by atoms with van der Waals surface area (Å²) in [4.78, 5) is 32.7. The zero-order valence-corrected chi connectivity index (χ0v) is 23.8. The molecule has 4 atom stereocenters. The Morgan fingerprint density at radius 2 is 2.12 bits per heavy atom. The highest BCUT2D eigenvalue weighted by atomic mass is 19.1. The van der Waals surface area contributed by atoms with Gasteiger partial charge in [0, 0.05) is 37.4 Å². The Balaban J connectivity index is 1.26. The summed E-state index contributed by atoms with van der Waals surface area (Å²) < 4.78 is 20.0. The summed E-state index contributed by atoms with van der Waals surface area (Å²) >= 11 is 0. The van der Waals surface area contributed by atoms with Gasteiger partial charge >= 0.3 is 6.01 Å². The van der Waals surface area contributed by atoms with Crippen LogP contribution in [0, 0.1) is 17.2 Å². The average molecular weight is 568 g/mol. The van der Waals surface area contributed by atoms with E-state index < -0.39 is 17.8 Å². The molecule has 9 nitrogen and oxygen atoms in total. The Bertz CT molecular complexity index is 1620. The number of carbonyl (C=O) groups excluding carboxylic acids is 1. The summed E-state index contributed by atoms with van der Waals surface area (Å²) in [6, 6.07) is 10.8. The Morgan fingerprint density at radius 1 is 1.24 bits per heavy atom. The van der Waals surface area contributed by atoms with E-state index in [1.807, 2.05) is 11.1 Å². The second kappa shape index (κ2) is 10.6. The number of hydrogen-bond donors (Lipinski definition) is 0. The molecule has 216 valence electrons. The lowest BCUT2D eigenvalue weighted by atomic mass is 9.95. The first-order valence-electron chi connectivity index (χ1n) is 14.8. The summed E-state index contributed by atoms with van der Waals surface area (Å²) in [5.41, 5.74) is 6.45. The molecule has 0 bridgehead atoms. The third-order valence-corrected chi connectivity index (χ3v) is 9.46. The molecule has 2 aromatic heterocycles. The van der Waals surface area contributed by atoms with Crippen LogP contribution in [0.3, 0.4) is 0 Å². The molecule has 2 aliphatic heterocycles. The highest BCUT2D eigenvalue weighted by molar-refractivity contribution is 5.92. The maximum atomic E-state index is 13.8. The number of aromatic nitrogens is 3. The number of likely N-dealkylation sites (N-methyl/N-ethyl adjacent to an activating group) is 1. The molecule has 42 heavy (non-hydrogen) atoms. The van der Waals surface area contributed by atoms with Crippen LogP contribution < -0.4 is 9.64 Å². The first-order chi connectivity index (χ1) is 20.4. The van der Waals surface area contributed by atoms with Crippen LogP contribution in [0.4, 0.5) is 10.2 Å². The molecule has 2 aliphatic carbocycles. The smallest absolute Gasteiger partial charge is 0.319 e. The zero-order chi connectivity index (χ0) is 29.0. The van der Waals surface area contributed by atoms with E-state index in [9.17, 15) is 14.4 Å². The Hall–Kier alpha value is -4.10. The van der Waals surface area contributed by atoms with Crippen molar-refractivity contribution < 1.29 is 13.9 Å². The molecule has 0 N–H and O–H groups in total. The number of rotatable bonds is 7. The molecule has 4 heterocycles. The van der Waals surface area contributed by atoms with Gasteiger partial charge in [-0.2, -0.15) is 15.2 Å². The third kappa shape index (κ3) is 4.75. The number of fused-ring (bicyclic) bond motifs is 4. The van der Waals surface area contributed by atoms with Gasteiger partial charge in [-0.1, -0.05) is 24.8 Å². The van der Waals surface area contributed by atoms with Gasteiger partial charge in [0.15, 0.2) is 11.6 Å². The number of benzene rings is 1. The van der Waals surface area contributed by atoms with Crippen molar-refractivity contribution in [3.05, 3.63) is 54.0 Å². The number of amides is 1. The Kier molecular flexibility index (Phi) is 6.77. The van der Waals surface area contributed by atoms with Gasteiger partial charge in [0.05, 0.1) is 24.0 Å². The number of carbonyl (C=O) groups is 1. The van der Waals surface area contributed by atoms with Crippen LogP contribution in [0.15, 0.2) is 42.9 Å². The molecular formula is C32H34FN7O2. The summed E-state index contributed by atoms with van der Waals surface area (Å²) in [6.45, 7) is 5.65. The predicted octanol–water partition coefficient (Wildman–Crippen LogP) is 4.24. The summed E-state index contributed by atoms with van der Waals surface area (Å²) in [7, 11) is 2.11. The van der Waals surface area contributed by atoms with Crippen molar-refractivity contribution >= 4 is 22.8 Å². The minimum absolute atomic E-state index is 0.0642. The van der Waals surface area contributed by atoms with Crippen LogP contribution >= 0.6 is 0 Å². The first-order valence-corrected chi connectivity index (χ1v) is 14.8. The van der Waals surface area contributed by atoms with E-state index in [-0.39, 0.29) is 19.0 Å². The maximum absolute atomic E-state index is 13.8. The summed E-state index contributed by atoms with van der Waals surface area (Å²) in [6.07, 6.45) is 6.58. The fraction of sp³-hybridized carbons (Fsp3) is 0.469. The van der Waals surface area contributed by atoms with E-state index >= 15 is 0 Å². The van der Waals surface area contributed by atoms with Gasteiger partial charge < -0.3 is 19.4 Å². The molecule has 1 saturated carbocycles. The molecular weight excluding hydrogens is 533 g/mol. The van der Waals surface area contributed by atoms with Crippen molar-refractivity contribution in [3.8, 4) is 23.2 Å². The van der Waals surface area contributed by atoms with Crippen molar-refractivity contribution in [1.82, 2.24) is 24.8 Å². The number of likely N-dealkylation sites (tertiary alicyclic amines) is 1. The maximum Gasteiger partial charge on any atom is 0.319 e. The Labute approximate surface area is 244 Å². The minimum atomic E-state index is -1.02. The van der Waals surface area contributed by atoms with Crippen LogP contribution in [0.5, 0.6) is 6.01 Å². The van der Waals surface area contributed by atoms with Crippen LogP contribution in [-0.2, 0) is 11.2 Å². The van der Waals surface area contributed by atoms with Crippen molar-refractivity contribution in [2.24, 2.45) is 5.92 Å². The fourth-order valence-electron chi connectivity index (χ4n) is 7.12. The highest BCUT2D eigenvalue weighted by Crippen LogP contribution is 2.58. The quantitative estimate of drug-likeness (QED) is 0.391. The van der Waals surface area contributed by atoms with Crippen LogP contribution in [-0.4, -0.2) is 82.6 Å². The lowest BCUT2D eigenvalue weighted by Crippen LogP contribution is -2.55. The number of pyridine rings is 1. The number of piperazine rings is 1. The molecule has 3 fully saturated rings. The summed E-state index contributed by atoms with van der Waals surface area (Å²) in [5.74, 6) is 0.218. The van der Waals surface area contributed by atoms with Gasteiger partial charge in [-0.25, -0.2) is 4.39 Å². The highest BCUT2D eigenvalue weighted by Gasteiger charge is 2.46. The number of nitrogens with zero attached hydrogens (tertiary/aromatic N) is 7. The van der Waals surface area contributed by atoms with E-state index in [0.29, 0.717) is 48.5 Å². The van der Waals surface area contributed by atoms with Crippen LogP contribution in [0.1, 0.15) is 42.7 Å². The van der Waals surface area contributed by atoms with Gasteiger partial charge in [-0.3, -0.25) is 9.78 Å². The molecule has 1 amide bonds. The molecule has 3 unspecified atom stereocenters. The number of hydrogen-bond acceptors (Lipinski definition) is 8. The van der Waals surface area contributed by atoms with E-state index in [0.717, 1.165) is 37.3 Å². The topological polar surface area (TPSA) is 98.5 Å². The number of nitriles is 1. The number of ether oxygens (including phenoxy) is 1. The van der Waals surface area contributed by atoms with Crippen LogP contribution in [0.2, 0.25) is 0 Å². The molecule has 3 aromatic rings. The van der Waals surface area contributed by atoms with Crippen molar-refractivity contribution in [2.45, 2.75) is 50.1 Å². The predicted molar refractivity (Wildman–Crippen MR) is 157 cm³/mol. The van der Waals surface area contributed by atoms with Crippen molar-refractivity contribution in [2.75, 3.05) is 44.7 Å². The first kappa shape index (κ1) is 26.8. The van der Waals surface area contributed by atoms with Gasteiger partial charge in [0.2, 0.25) is 0 Å². The second-order valence-electron chi connectivity index (χ2n) is 12.1. The van der Waals surface area contributed by atoms with E-state index in [2.05, 4.69) is 48.9 Å². The van der Waals surface area contributed by atoms with E-state index in [1.54, 1.807) is 0 Å². The Morgan fingerprint density at radius 3 is 2.90 bits per heavy atom. The van der Waals surface area contributed by atoms with Gasteiger partial charge in [-0.15, -0.1) is 0 Å². The normalized spacial score (nSPS) is 24.8. The van der Waals surface area contributed by atoms with Gasteiger partial charge in [-0.05, 0) is 73.9 Å². The molecule has 1 aromatic carbocycles. The largest absolute Gasteiger partial charge is 0.462 e. The standard InChI is InChI=1S/C32H34FN7O2/c1-19(33)31(41)40-12-11-39(17-23(40)8-9-34)30-29-27(36-32(37-30)42-18-24-6-4-10-38(24)2)15-22(16-35-29)25-7-3-5-20-13-21-14-26(21)28(20)25/h3,5,7,15-16,21,23-24,26H,1,4,6,8,10-14,17-18H2,2H3/t21?,23-,24?,26?/m0/s1. The van der Waals surface area contributed by atoms with Crippen molar-refractivity contribution in [3.63, 3.8) is 0 Å². The summed E-state index contributed by atoms with van der Waals surface area (Å²) in [5, 5.41) is 9.47. The van der Waals surface area contributed by atoms with Crippen molar-refractivity contribution in [1.29, 1.82) is 5.26 Å². The third-order valence-electron chi connectivity index (χ3n) is 9.46. The lowest BCUT2D eigenvalue weighted by molar-refractivity contribution is -0.131. The molecule has 2 saturated heterocycles. The zero-order valence-electron chi connectivity index (χ0n) is 23.8. The monoisotopic (exact) mass is 567 g/mol. The van der Waals surface area contributed by atoms with E-state index in [4.69, 9.17) is 19.7 Å². The number of halogens is 1. The molecule has 4 aliphatic rings. The molecule has 0 spiro atoms. The molecule has 0 radical (unpaired) electrons. The van der Waals surface area contributed by atoms with Gasteiger partial charge in [0.1, 0.15) is 12.1 Å². The average Bonchev–Trinajstić information content (AvgIpc) is 3.47.